The summed E-state index contributed by atoms with van der Waals surface area (Å²) in [4.78, 5) is 7.67. The summed E-state index contributed by atoms with van der Waals surface area (Å²) >= 11 is 0. The van der Waals surface area contributed by atoms with E-state index in [0.29, 0.717) is 18.1 Å². The maximum Gasteiger partial charge on any atom is 0.243 e. The molecule has 3 heterocycles. The van der Waals surface area contributed by atoms with Gasteiger partial charge in [0.25, 0.3) is 0 Å². The number of nitrogens with two attached hydrogens (primary N) is 1. The molecule has 0 aliphatic carbocycles. The molecule has 3 N–H and O–H groups in total. The summed E-state index contributed by atoms with van der Waals surface area (Å²) in [5.41, 5.74) is 8.50. The highest BCUT2D eigenvalue weighted by Crippen LogP contribution is 2.28. The van der Waals surface area contributed by atoms with E-state index in [0.717, 1.165) is 30.5 Å². The monoisotopic (exact) mass is 298 g/mol. The Morgan fingerprint density at radius 2 is 2.27 bits per heavy atom. The average molecular weight is 298 g/mol. The number of aromatic amines is 1. The third-order valence-corrected chi connectivity index (χ3v) is 4.11. The van der Waals surface area contributed by atoms with Gasteiger partial charge in [-0.15, -0.1) is 0 Å². The van der Waals surface area contributed by atoms with Gasteiger partial charge in [-0.25, -0.2) is 0 Å². The Labute approximate surface area is 127 Å². The Morgan fingerprint density at radius 3 is 3.14 bits per heavy atom. The van der Waals surface area contributed by atoms with Crippen LogP contribution in [0.3, 0.4) is 0 Å². The summed E-state index contributed by atoms with van der Waals surface area (Å²) in [7, 11) is 0. The van der Waals surface area contributed by atoms with Crippen molar-refractivity contribution in [3.05, 3.63) is 47.7 Å². The minimum atomic E-state index is -0.318. The van der Waals surface area contributed by atoms with Crippen molar-refractivity contribution in [2.24, 2.45) is 5.73 Å². The highest BCUT2D eigenvalue weighted by atomic mass is 16.5. The number of aromatic nitrogens is 3. The minimum Gasteiger partial charge on any atom is -0.370 e. The molecule has 0 bridgehead atoms. The quantitative estimate of drug-likeness (QED) is 0.772. The molecule has 6 nitrogen and oxygen atoms in total. The second-order valence-corrected chi connectivity index (χ2v) is 5.66. The van der Waals surface area contributed by atoms with E-state index in [4.69, 9.17) is 15.0 Å². The number of para-hydroxylation sites is 1. The molecule has 4 rings (SSSR count). The van der Waals surface area contributed by atoms with Crippen LogP contribution in [0.15, 0.2) is 35.0 Å². The molecule has 0 spiro atoms. The van der Waals surface area contributed by atoms with Gasteiger partial charge in [0.2, 0.25) is 11.7 Å². The Morgan fingerprint density at radius 1 is 1.36 bits per heavy atom. The molecule has 0 saturated carbocycles. The molecule has 1 aliphatic rings. The number of ether oxygens (including phenoxy) is 1. The van der Waals surface area contributed by atoms with Crippen molar-refractivity contribution < 1.29 is 9.26 Å². The van der Waals surface area contributed by atoms with Gasteiger partial charge in [0.15, 0.2) is 0 Å². The summed E-state index contributed by atoms with van der Waals surface area (Å²) in [5, 5.41) is 5.19. The Balaban J connectivity index is 1.53. The van der Waals surface area contributed by atoms with Crippen LogP contribution in [0.2, 0.25) is 0 Å². The number of hydrogen-bond donors (Lipinski definition) is 2. The largest absolute Gasteiger partial charge is 0.370 e. The lowest BCUT2D eigenvalue weighted by Gasteiger charge is -2.05. The first-order valence-electron chi connectivity index (χ1n) is 7.57. The fourth-order valence-corrected chi connectivity index (χ4v) is 2.93. The highest BCUT2D eigenvalue weighted by molar-refractivity contribution is 5.83. The van der Waals surface area contributed by atoms with Crippen LogP contribution in [0, 0.1) is 0 Å². The van der Waals surface area contributed by atoms with Crippen LogP contribution in [-0.2, 0) is 11.2 Å². The molecule has 1 aromatic carbocycles. The summed E-state index contributed by atoms with van der Waals surface area (Å²) < 4.78 is 10.9. The second-order valence-electron chi connectivity index (χ2n) is 5.66. The topological polar surface area (TPSA) is 90.0 Å². The Hall–Kier alpha value is -2.18. The van der Waals surface area contributed by atoms with Gasteiger partial charge in [-0.3, -0.25) is 0 Å². The number of benzene rings is 1. The van der Waals surface area contributed by atoms with Crippen LogP contribution in [-0.4, -0.2) is 21.7 Å². The first-order chi connectivity index (χ1) is 10.8. The van der Waals surface area contributed by atoms with Gasteiger partial charge < -0.3 is 20.0 Å². The smallest absolute Gasteiger partial charge is 0.243 e. The van der Waals surface area contributed by atoms with E-state index in [1.54, 1.807) is 0 Å². The van der Waals surface area contributed by atoms with Gasteiger partial charge in [0.1, 0.15) is 6.10 Å². The van der Waals surface area contributed by atoms with Crippen LogP contribution in [0.25, 0.3) is 10.9 Å². The molecule has 1 saturated heterocycles. The second kappa shape index (κ2) is 5.55. The van der Waals surface area contributed by atoms with Crippen molar-refractivity contribution in [3.8, 4) is 0 Å². The Kier molecular flexibility index (Phi) is 3.40. The van der Waals surface area contributed by atoms with E-state index in [1.165, 1.54) is 5.39 Å². The minimum absolute atomic E-state index is 0.0437. The predicted molar refractivity (Wildman–Crippen MR) is 81.2 cm³/mol. The van der Waals surface area contributed by atoms with E-state index >= 15 is 0 Å². The van der Waals surface area contributed by atoms with E-state index in [9.17, 15) is 0 Å². The summed E-state index contributed by atoms with van der Waals surface area (Å²) in [6.07, 6.45) is 4.57. The van der Waals surface area contributed by atoms with Crippen molar-refractivity contribution in [2.45, 2.75) is 31.4 Å². The lowest BCUT2D eigenvalue weighted by atomic mass is 10.1. The standard InChI is InChI=1S/C16H18N4O2/c17-12(8-10-9-18-13-5-2-1-4-11(10)13)16-19-15(20-22-16)14-6-3-7-21-14/h1-2,4-5,9,12,14,18H,3,6-8,17H2/t12-,14?/m0/s1. The van der Waals surface area contributed by atoms with Gasteiger partial charge in [-0.05, 0) is 30.9 Å². The molecule has 2 aromatic heterocycles. The van der Waals surface area contributed by atoms with Crippen LogP contribution >= 0.6 is 0 Å². The van der Waals surface area contributed by atoms with Gasteiger partial charge in [0, 0.05) is 23.7 Å². The summed E-state index contributed by atoms with van der Waals surface area (Å²) in [6.45, 7) is 0.760. The van der Waals surface area contributed by atoms with Crippen LogP contribution < -0.4 is 5.73 Å². The lowest BCUT2D eigenvalue weighted by molar-refractivity contribution is 0.103. The van der Waals surface area contributed by atoms with Gasteiger partial charge in [-0.1, -0.05) is 23.4 Å². The molecule has 1 aliphatic heterocycles. The predicted octanol–water partition coefficient (Wildman–Crippen LogP) is 2.64. The van der Waals surface area contributed by atoms with Gasteiger partial charge in [0.05, 0.1) is 6.04 Å². The van der Waals surface area contributed by atoms with Crippen molar-refractivity contribution in [3.63, 3.8) is 0 Å². The molecule has 114 valence electrons. The molecular weight excluding hydrogens is 280 g/mol. The molecule has 22 heavy (non-hydrogen) atoms. The number of fused-ring (bicyclic) bond motifs is 1. The SMILES string of the molecule is N[C@@H](Cc1c[nH]c2ccccc12)c1nc(C2CCCO2)no1. The number of rotatable bonds is 4. The summed E-state index contributed by atoms with van der Waals surface area (Å²) in [6, 6.07) is 7.84. The van der Waals surface area contributed by atoms with Crippen LogP contribution in [0.1, 0.15) is 42.3 Å². The maximum absolute atomic E-state index is 6.24. The van der Waals surface area contributed by atoms with E-state index in [2.05, 4.69) is 21.2 Å². The van der Waals surface area contributed by atoms with Gasteiger partial charge >= 0.3 is 0 Å². The maximum atomic E-state index is 6.24. The van der Waals surface area contributed by atoms with Crippen molar-refractivity contribution >= 4 is 10.9 Å². The van der Waals surface area contributed by atoms with Crippen molar-refractivity contribution in [1.29, 1.82) is 0 Å². The zero-order valence-corrected chi connectivity index (χ0v) is 12.2. The molecule has 0 amide bonds. The fraction of sp³-hybridized carbons (Fsp3) is 0.375. The Bertz CT molecular complexity index is 773. The zero-order chi connectivity index (χ0) is 14.9. The van der Waals surface area contributed by atoms with E-state index in [-0.39, 0.29) is 12.1 Å². The normalized spacial score (nSPS) is 19.8. The fourth-order valence-electron chi connectivity index (χ4n) is 2.93. The molecule has 3 aromatic rings. The molecule has 1 fully saturated rings. The number of hydrogen-bond acceptors (Lipinski definition) is 5. The average Bonchev–Trinajstić information content (AvgIpc) is 3.28. The third-order valence-electron chi connectivity index (χ3n) is 4.11. The van der Waals surface area contributed by atoms with Crippen molar-refractivity contribution in [1.82, 2.24) is 15.1 Å². The third kappa shape index (κ3) is 2.40. The first-order valence-corrected chi connectivity index (χ1v) is 7.57. The summed E-state index contributed by atoms with van der Waals surface area (Å²) in [5.74, 6) is 1.08. The molecule has 2 atom stereocenters. The molecule has 0 radical (unpaired) electrons. The number of nitrogens with zero attached hydrogens (tertiary/aromatic N) is 2. The van der Waals surface area contributed by atoms with Crippen LogP contribution in [0.5, 0.6) is 0 Å². The van der Waals surface area contributed by atoms with Crippen molar-refractivity contribution in [2.75, 3.05) is 6.61 Å². The van der Waals surface area contributed by atoms with E-state index < -0.39 is 0 Å². The lowest BCUT2D eigenvalue weighted by Crippen LogP contribution is -2.14. The molecule has 6 heteroatoms. The first kappa shape index (κ1) is 13.5. The van der Waals surface area contributed by atoms with E-state index in [1.807, 2.05) is 24.4 Å². The molecule has 1 unspecified atom stereocenters. The van der Waals surface area contributed by atoms with Crippen LogP contribution in [0.4, 0.5) is 0 Å². The number of nitrogens with one attached hydrogen (secondary N) is 1. The highest BCUT2D eigenvalue weighted by Gasteiger charge is 2.25. The number of H-pyrrole nitrogens is 1. The zero-order valence-electron chi connectivity index (χ0n) is 12.2. The molecular formula is C16H18N4O2. The van der Waals surface area contributed by atoms with Gasteiger partial charge in [-0.2, -0.15) is 4.98 Å².